The molecule has 0 bridgehead atoms. The molecule has 4 nitrogen and oxygen atoms in total. The second-order valence-electron chi connectivity index (χ2n) is 3.53. The predicted octanol–water partition coefficient (Wildman–Crippen LogP) is 1.09. The minimum Gasteiger partial charge on any atom is -0.440 e. The van der Waals surface area contributed by atoms with E-state index in [1.807, 2.05) is 30.3 Å². The Kier molecular flexibility index (Phi) is 2.72. The number of benzene rings is 1. The molecule has 0 unspecified atom stereocenters. The molecule has 1 aromatic carbocycles. The van der Waals surface area contributed by atoms with Crippen molar-refractivity contribution in [2.24, 2.45) is 0 Å². The SMILES string of the molecule is C=C1C(=O)OCN(Cc2ccccc2)C1=O. The molecule has 1 aromatic rings. The van der Waals surface area contributed by atoms with E-state index < -0.39 is 5.97 Å². The molecule has 0 N–H and O–H groups in total. The highest BCUT2D eigenvalue weighted by Gasteiger charge is 2.29. The fourth-order valence-electron chi connectivity index (χ4n) is 1.48. The first kappa shape index (κ1) is 10.4. The van der Waals surface area contributed by atoms with Crippen molar-refractivity contribution in [1.82, 2.24) is 4.90 Å². The fourth-order valence-corrected chi connectivity index (χ4v) is 1.48. The van der Waals surface area contributed by atoms with Gasteiger partial charge in [-0.3, -0.25) is 4.79 Å². The van der Waals surface area contributed by atoms with Gasteiger partial charge in [0, 0.05) is 6.54 Å². The zero-order chi connectivity index (χ0) is 11.5. The molecule has 1 saturated heterocycles. The first-order valence-electron chi connectivity index (χ1n) is 4.87. The van der Waals surface area contributed by atoms with Crippen molar-refractivity contribution in [3.8, 4) is 0 Å². The van der Waals surface area contributed by atoms with Gasteiger partial charge in [0.2, 0.25) is 0 Å². The van der Waals surface area contributed by atoms with Crippen LogP contribution in [-0.4, -0.2) is 23.5 Å². The molecule has 1 amide bonds. The number of carbonyl (C=O) groups is 2. The van der Waals surface area contributed by atoms with Crippen LogP contribution in [0, 0.1) is 0 Å². The van der Waals surface area contributed by atoms with Gasteiger partial charge in [-0.1, -0.05) is 36.9 Å². The third-order valence-corrected chi connectivity index (χ3v) is 2.36. The maximum absolute atomic E-state index is 11.7. The van der Waals surface area contributed by atoms with Crippen molar-refractivity contribution in [1.29, 1.82) is 0 Å². The number of nitrogens with zero attached hydrogens (tertiary/aromatic N) is 1. The molecule has 0 aromatic heterocycles. The molecule has 0 aliphatic carbocycles. The van der Waals surface area contributed by atoms with Crippen LogP contribution in [0.4, 0.5) is 0 Å². The summed E-state index contributed by atoms with van der Waals surface area (Å²) in [5.74, 6) is -0.991. The normalized spacial score (nSPS) is 16.2. The Morgan fingerprint density at radius 1 is 1.25 bits per heavy atom. The van der Waals surface area contributed by atoms with Crippen LogP contribution in [0.1, 0.15) is 5.56 Å². The number of cyclic esters (lactones) is 1. The molecule has 0 atom stereocenters. The van der Waals surface area contributed by atoms with Gasteiger partial charge in [-0.05, 0) is 5.56 Å². The van der Waals surface area contributed by atoms with Crippen LogP contribution in [0.2, 0.25) is 0 Å². The first-order valence-corrected chi connectivity index (χ1v) is 4.87. The van der Waals surface area contributed by atoms with E-state index in [4.69, 9.17) is 4.74 Å². The van der Waals surface area contributed by atoms with Crippen LogP contribution in [0.3, 0.4) is 0 Å². The Labute approximate surface area is 93.1 Å². The number of hydrogen-bond donors (Lipinski definition) is 0. The summed E-state index contributed by atoms with van der Waals surface area (Å²) in [7, 11) is 0. The van der Waals surface area contributed by atoms with Crippen LogP contribution in [0.25, 0.3) is 0 Å². The topological polar surface area (TPSA) is 46.6 Å². The van der Waals surface area contributed by atoms with Crippen LogP contribution in [0.15, 0.2) is 42.5 Å². The molecular weight excluding hydrogens is 206 g/mol. The van der Waals surface area contributed by atoms with E-state index >= 15 is 0 Å². The monoisotopic (exact) mass is 217 g/mol. The standard InChI is InChI=1S/C12H11NO3/c1-9-11(14)13(8-16-12(9)15)7-10-5-3-2-4-6-10/h2-6H,1,7-8H2. The summed E-state index contributed by atoms with van der Waals surface area (Å²) < 4.78 is 4.81. The van der Waals surface area contributed by atoms with E-state index in [-0.39, 0.29) is 18.2 Å². The number of ether oxygens (including phenoxy) is 1. The first-order chi connectivity index (χ1) is 7.68. The highest BCUT2D eigenvalue weighted by Crippen LogP contribution is 2.13. The molecule has 1 aliphatic rings. The average Bonchev–Trinajstić information content (AvgIpc) is 2.31. The molecule has 4 heteroatoms. The zero-order valence-electron chi connectivity index (χ0n) is 8.68. The summed E-state index contributed by atoms with van der Waals surface area (Å²) in [5.41, 5.74) is 0.879. The van der Waals surface area contributed by atoms with Crippen LogP contribution < -0.4 is 0 Å². The number of amides is 1. The summed E-state index contributed by atoms with van der Waals surface area (Å²) in [5, 5.41) is 0. The number of esters is 1. The largest absolute Gasteiger partial charge is 0.440 e. The maximum atomic E-state index is 11.7. The molecule has 0 spiro atoms. The molecule has 1 heterocycles. The highest BCUT2D eigenvalue weighted by atomic mass is 16.5. The van der Waals surface area contributed by atoms with Gasteiger partial charge in [-0.15, -0.1) is 0 Å². The summed E-state index contributed by atoms with van der Waals surface area (Å²) in [6.07, 6.45) is 0. The van der Waals surface area contributed by atoms with E-state index in [1.54, 1.807) is 0 Å². The van der Waals surface area contributed by atoms with E-state index in [0.29, 0.717) is 6.54 Å². The zero-order valence-corrected chi connectivity index (χ0v) is 8.68. The lowest BCUT2D eigenvalue weighted by Crippen LogP contribution is -2.41. The van der Waals surface area contributed by atoms with E-state index in [9.17, 15) is 9.59 Å². The summed E-state index contributed by atoms with van der Waals surface area (Å²) in [6.45, 7) is 3.82. The van der Waals surface area contributed by atoms with Gasteiger partial charge in [-0.2, -0.15) is 0 Å². The lowest BCUT2D eigenvalue weighted by atomic mass is 10.2. The predicted molar refractivity (Wildman–Crippen MR) is 57.1 cm³/mol. The van der Waals surface area contributed by atoms with Crippen molar-refractivity contribution < 1.29 is 14.3 Å². The highest BCUT2D eigenvalue weighted by molar-refractivity contribution is 6.16. The third kappa shape index (κ3) is 1.95. The van der Waals surface area contributed by atoms with Crippen molar-refractivity contribution in [3.63, 3.8) is 0 Å². The average molecular weight is 217 g/mol. The Bertz CT molecular complexity index is 439. The maximum Gasteiger partial charge on any atom is 0.344 e. The molecule has 0 radical (unpaired) electrons. The lowest BCUT2D eigenvalue weighted by Gasteiger charge is -2.27. The molecule has 0 saturated carbocycles. The summed E-state index contributed by atoms with van der Waals surface area (Å²) in [6, 6.07) is 9.51. The van der Waals surface area contributed by atoms with Crippen molar-refractivity contribution in [2.75, 3.05) is 6.73 Å². The molecule has 1 aliphatic heterocycles. The Balaban J connectivity index is 2.09. The summed E-state index contributed by atoms with van der Waals surface area (Å²) in [4.78, 5) is 24.1. The quantitative estimate of drug-likeness (QED) is 0.423. The molecule has 1 fully saturated rings. The summed E-state index contributed by atoms with van der Waals surface area (Å²) >= 11 is 0. The molecule has 16 heavy (non-hydrogen) atoms. The number of rotatable bonds is 2. The minimum atomic E-state index is -0.630. The van der Waals surface area contributed by atoms with Crippen molar-refractivity contribution in [2.45, 2.75) is 6.54 Å². The molecular formula is C12H11NO3. The van der Waals surface area contributed by atoms with Crippen LogP contribution >= 0.6 is 0 Å². The smallest absolute Gasteiger partial charge is 0.344 e. The van der Waals surface area contributed by atoms with Gasteiger partial charge >= 0.3 is 5.97 Å². The van der Waals surface area contributed by atoms with E-state index in [2.05, 4.69) is 6.58 Å². The van der Waals surface area contributed by atoms with E-state index in [1.165, 1.54) is 4.90 Å². The van der Waals surface area contributed by atoms with Gasteiger partial charge in [0.25, 0.3) is 5.91 Å². The Morgan fingerprint density at radius 3 is 2.62 bits per heavy atom. The van der Waals surface area contributed by atoms with Gasteiger partial charge in [0.15, 0.2) is 6.73 Å². The van der Waals surface area contributed by atoms with Gasteiger partial charge in [0.1, 0.15) is 5.57 Å². The van der Waals surface area contributed by atoms with Gasteiger partial charge in [-0.25, -0.2) is 4.79 Å². The Hall–Kier alpha value is -2.10. The number of carbonyl (C=O) groups excluding carboxylic acids is 2. The second kappa shape index (κ2) is 4.18. The van der Waals surface area contributed by atoms with Gasteiger partial charge < -0.3 is 9.64 Å². The number of hydrogen-bond acceptors (Lipinski definition) is 3. The van der Waals surface area contributed by atoms with Crippen LogP contribution in [-0.2, 0) is 20.9 Å². The molecule has 82 valence electrons. The minimum absolute atomic E-state index is 0.00835. The lowest BCUT2D eigenvalue weighted by molar-refractivity contribution is -0.157. The fraction of sp³-hybridized carbons (Fsp3) is 0.167. The van der Waals surface area contributed by atoms with Crippen molar-refractivity contribution in [3.05, 3.63) is 48.0 Å². The third-order valence-electron chi connectivity index (χ3n) is 2.36. The van der Waals surface area contributed by atoms with E-state index in [0.717, 1.165) is 5.56 Å². The van der Waals surface area contributed by atoms with Crippen molar-refractivity contribution >= 4 is 11.9 Å². The molecule has 2 rings (SSSR count). The second-order valence-corrected chi connectivity index (χ2v) is 3.53. The Morgan fingerprint density at radius 2 is 1.94 bits per heavy atom. The van der Waals surface area contributed by atoms with Gasteiger partial charge in [0.05, 0.1) is 0 Å². The van der Waals surface area contributed by atoms with Crippen LogP contribution in [0.5, 0.6) is 0 Å².